The van der Waals surface area contributed by atoms with Crippen molar-refractivity contribution in [1.82, 2.24) is 4.90 Å². The SMILES string of the molecule is Nc1cc(NC(=O)CCCN2CC(O)C(O)C2)ccc1F. The smallest absolute Gasteiger partial charge is 0.224 e. The van der Waals surface area contributed by atoms with Crippen molar-refractivity contribution in [3.05, 3.63) is 24.0 Å². The maximum atomic E-state index is 13.0. The first-order chi connectivity index (χ1) is 9.95. The summed E-state index contributed by atoms with van der Waals surface area (Å²) in [5.41, 5.74) is 5.88. The van der Waals surface area contributed by atoms with Crippen LogP contribution in [0.1, 0.15) is 12.8 Å². The first-order valence-corrected chi connectivity index (χ1v) is 6.89. The van der Waals surface area contributed by atoms with Crippen molar-refractivity contribution in [3.63, 3.8) is 0 Å². The first-order valence-electron chi connectivity index (χ1n) is 6.89. The number of rotatable bonds is 5. The lowest BCUT2D eigenvalue weighted by molar-refractivity contribution is -0.116. The second-order valence-electron chi connectivity index (χ2n) is 5.28. The number of nitrogens with two attached hydrogens (primary N) is 1. The Morgan fingerprint density at radius 3 is 2.67 bits per heavy atom. The van der Waals surface area contributed by atoms with Gasteiger partial charge in [-0.15, -0.1) is 0 Å². The highest BCUT2D eigenvalue weighted by molar-refractivity contribution is 5.91. The fourth-order valence-electron chi connectivity index (χ4n) is 2.34. The van der Waals surface area contributed by atoms with Gasteiger partial charge in [0, 0.05) is 25.2 Å². The molecule has 21 heavy (non-hydrogen) atoms. The number of nitrogens with zero attached hydrogens (tertiary/aromatic N) is 1. The lowest BCUT2D eigenvalue weighted by atomic mass is 10.2. The van der Waals surface area contributed by atoms with Crippen molar-refractivity contribution in [2.45, 2.75) is 25.0 Å². The molecular weight excluding hydrogens is 277 g/mol. The largest absolute Gasteiger partial charge is 0.396 e. The van der Waals surface area contributed by atoms with E-state index in [1.807, 2.05) is 4.90 Å². The standard InChI is InChI=1S/C14H20FN3O3/c15-10-4-3-9(6-11(10)16)17-14(21)2-1-5-18-7-12(19)13(20)8-18/h3-4,6,12-13,19-20H,1-2,5,7-8,16H2,(H,17,21). The molecule has 2 rings (SSSR count). The van der Waals surface area contributed by atoms with Gasteiger partial charge in [-0.1, -0.05) is 0 Å². The van der Waals surface area contributed by atoms with Crippen molar-refractivity contribution < 1.29 is 19.4 Å². The number of hydrogen-bond donors (Lipinski definition) is 4. The highest BCUT2D eigenvalue weighted by Crippen LogP contribution is 2.17. The van der Waals surface area contributed by atoms with Gasteiger partial charge in [0.2, 0.25) is 5.91 Å². The average Bonchev–Trinajstić information content (AvgIpc) is 2.73. The van der Waals surface area contributed by atoms with Gasteiger partial charge in [0.15, 0.2) is 0 Å². The van der Waals surface area contributed by atoms with Crippen LogP contribution in [0, 0.1) is 5.82 Å². The summed E-state index contributed by atoms with van der Waals surface area (Å²) < 4.78 is 13.0. The van der Waals surface area contributed by atoms with Crippen LogP contribution in [0.5, 0.6) is 0 Å². The van der Waals surface area contributed by atoms with Crippen LogP contribution in [0.3, 0.4) is 0 Å². The second-order valence-corrected chi connectivity index (χ2v) is 5.28. The van der Waals surface area contributed by atoms with Gasteiger partial charge in [-0.2, -0.15) is 0 Å². The number of carbonyl (C=O) groups excluding carboxylic acids is 1. The highest BCUT2D eigenvalue weighted by atomic mass is 19.1. The summed E-state index contributed by atoms with van der Waals surface area (Å²) in [5.74, 6) is -0.694. The molecule has 1 aromatic rings. The predicted octanol–water partition coefficient (Wildman–Crippen LogP) is 0.164. The van der Waals surface area contributed by atoms with Crippen molar-refractivity contribution >= 4 is 17.3 Å². The number of anilines is 2. The Bertz CT molecular complexity index is 502. The predicted molar refractivity (Wildman–Crippen MR) is 77.1 cm³/mol. The van der Waals surface area contributed by atoms with Crippen LogP contribution in [-0.4, -0.2) is 52.9 Å². The topological polar surface area (TPSA) is 98.8 Å². The van der Waals surface area contributed by atoms with Crippen LogP contribution in [0.2, 0.25) is 0 Å². The number of hydrogen-bond acceptors (Lipinski definition) is 5. The van der Waals surface area contributed by atoms with E-state index < -0.39 is 18.0 Å². The van der Waals surface area contributed by atoms with Crippen LogP contribution in [0.15, 0.2) is 18.2 Å². The zero-order chi connectivity index (χ0) is 15.4. The minimum absolute atomic E-state index is 0.00663. The maximum Gasteiger partial charge on any atom is 0.224 e. The molecule has 1 saturated heterocycles. The number of nitrogens with one attached hydrogen (secondary N) is 1. The summed E-state index contributed by atoms with van der Waals surface area (Å²) in [6, 6.07) is 4.04. The van der Waals surface area contributed by atoms with Gasteiger partial charge in [-0.3, -0.25) is 9.69 Å². The molecule has 2 unspecified atom stereocenters. The summed E-state index contributed by atoms with van der Waals surface area (Å²) in [4.78, 5) is 13.7. The molecule has 0 saturated carbocycles. The molecule has 0 bridgehead atoms. The van der Waals surface area contributed by atoms with E-state index in [9.17, 15) is 19.4 Å². The third-order valence-corrected chi connectivity index (χ3v) is 3.49. The van der Waals surface area contributed by atoms with Gasteiger partial charge in [0.25, 0.3) is 0 Å². The third-order valence-electron chi connectivity index (χ3n) is 3.49. The molecule has 0 aliphatic carbocycles. The van der Waals surface area contributed by atoms with E-state index in [1.165, 1.54) is 18.2 Å². The number of amides is 1. The quantitative estimate of drug-likeness (QED) is 0.581. The third kappa shape index (κ3) is 4.38. The number of halogens is 1. The average molecular weight is 297 g/mol. The van der Waals surface area contributed by atoms with Gasteiger partial charge in [0.1, 0.15) is 5.82 Å². The lowest BCUT2D eigenvalue weighted by Gasteiger charge is -2.14. The van der Waals surface area contributed by atoms with Crippen LogP contribution in [0.25, 0.3) is 0 Å². The van der Waals surface area contributed by atoms with Crippen molar-refractivity contribution in [2.24, 2.45) is 0 Å². The Morgan fingerprint density at radius 2 is 2.05 bits per heavy atom. The minimum Gasteiger partial charge on any atom is -0.396 e. The van der Waals surface area contributed by atoms with Crippen molar-refractivity contribution in [2.75, 3.05) is 30.7 Å². The second kappa shape index (κ2) is 6.84. The molecule has 2 atom stereocenters. The Morgan fingerprint density at radius 1 is 1.38 bits per heavy atom. The Labute approximate surface area is 122 Å². The van der Waals surface area contributed by atoms with E-state index in [2.05, 4.69) is 5.32 Å². The monoisotopic (exact) mass is 297 g/mol. The summed E-state index contributed by atoms with van der Waals surface area (Å²) in [6.45, 7) is 1.49. The number of likely N-dealkylation sites (tertiary alicyclic amines) is 1. The molecule has 0 radical (unpaired) electrons. The fourth-order valence-corrected chi connectivity index (χ4v) is 2.34. The molecule has 1 fully saturated rings. The molecule has 1 aliphatic rings. The van der Waals surface area contributed by atoms with E-state index in [0.29, 0.717) is 38.2 Å². The van der Waals surface area contributed by atoms with Crippen LogP contribution >= 0.6 is 0 Å². The van der Waals surface area contributed by atoms with Gasteiger partial charge in [-0.05, 0) is 31.2 Å². The molecule has 1 aliphatic heterocycles. The molecule has 6 nitrogen and oxygen atoms in total. The summed E-state index contributed by atoms with van der Waals surface area (Å²) in [6.07, 6.45) is -0.496. The van der Waals surface area contributed by atoms with E-state index in [1.54, 1.807) is 0 Å². The minimum atomic E-state index is -0.707. The van der Waals surface area contributed by atoms with E-state index in [0.717, 1.165) is 0 Å². The van der Waals surface area contributed by atoms with Crippen LogP contribution in [0.4, 0.5) is 15.8 Å². The van der Waals surface area contributed by atoms with Gasteiger partial charge >= 0.3 is 0 Å². The molecule has 0 spiro atoms. The zero-order valence-corrected chi connectivity index (χ0v) is 11.6. The highest BCUT2D eigenvalue weighted by Gasteiger charge is 2.28. The Hall–Kier alpha value is -1.70. The summed E-state index contributed by atoms with van der Waals surface area (Å²) >= 11 is 0. The zero-order valence-electron chi connectivity index (χ0n) is 11.6. The number of carbonyl (C=O) groups is 1. The van der Waals surface area contributed by atoms with Crippen LogP contribution < -0.4 is 11.1 Å². The first kappa shape index (κ1) is 15.7. The van der Waals surface area contributed by atoms with Crippen molar-refractivity contribution in [3.8, 4) is 0 Å². The van der Waals surface area contributed by atoms with E-state index >= 15 is 0 Å². The number of β-amino-alcohol motifs (C(OH)–C–C–N with tert-alkyl or cyclic N) is 2. The molecule has 1 heterocycles. The Balaban J connectivity index is 1.71. The number of benzene rings is 1. The molecule has 1 amide bonds. The number of aliphatic hydroxyl groups excluding tert-OH is 2. The summed E-state index contributed by atoms with van der Waals surface area (Å²) in [5, 5.41) is 21.5. The van der Waals surface area contributed by atoms with Crippen molar-refractivity contribution in [1.29, 1.82) is 0 Å². The molecule has 7 heteroatoms. The molecule has 116 valence electrons. The lowest BCUT2D eigenvalue weighted by Crippen LogP contribution is -2.24. The fraction of sp³-hybridized carbons (Fsp3) is 0.500. The number of nitrogen functional groups attached to an aromatic ring is 1. The molecule has 5 N–H and O–H groups in total. The van der Waals surface area contributed by atoms with Gasteiger partial charge in [-0.25, -0.2) is 4.39 Å². The molecular formula is C14H20FN3O3. The molecule has 0 aromatic heterocycles. The van der Waals surface area contributed by atoms with Crippen LogP contribution in [-0.2, 0) is 4.79 Å². The van der Waals surface area contributed by atoms with E-state index in [4.69, 9.17) is 5.73 Å². The number of aliphatic hydroxyl groups is 2. The summed E-state index contributed by atoms with van der Waals surface area (Å²) in [7, 11) is 0. The van der Waals surface area contributed by atoms with Gasteiger partial charge in [0.05, 0.1) is 17.9 Å². The molecule has 1 aromatic carbocycles. The van der Waals surface area contributed by atoms with E-state index in [-0.39, 0.29) is 11.6 Å². The maximum absolute atomic E-state index is 13.0. The van der Waals surface area contributed by atoms with Gasteiger partial charge < -0.3 is 21.3 Å². The normalized spacial score (nSPS) is 22.4. The Kier molecular flexibility index (Phi) is 5.11.